The fraction of sp³-hybridized carbons (Fsp3) is 0.462. The summed E-state index contributed by atoms with van der Waals surface area (Å²) in [7, 11) is 0. The summed E-state index contributed by atoms with van der Waals surface area (Å²) in [4.78, 5) is 28.8. The number of aliphatic carboxylic acids is 1. The lowest BCUT2D eigenvalue weighted by molar-refractivity contribution is -0.148. The Morgan fingerprint density at radius 1 is 1.56 bits per heavy atom. The Morgan fingerprint density at radius 3 is 2.94 bits per heavy atom. The second-order valence-corrected chi connectivity index (χ2v) is 4.54. The van der Waals surface area contributed by atoms with Crippen LogP contribution in [0.15, 0.2) is 24.5 Å². The predicted octanol–water partition coefficient (Wildman–Crippen LogP) is 1.26. The van der Waals surface area contributed by atoms with E-state index in [4.69, 9.17) is 5.11 Å². The summed E-state index contributed by atoms with van der Waals surface area (Å²) in [6.07, 6.45) is 4.59. The van der Waals surface area contributed by atoms with Gasteiger partial charge < -0.3 is 10.0 Å². The van der Waals surface area contributed by atoms with Gasteiger partial charge in [-0.3, -0.25) is 9.78 Å². The molecule has 1 aromatic heterocycles. The first-order chi connectivity index (χ1) is 8.61. The molecule has 2 atom stereocenters. The highest BCUT2D eigenvalue weighted by Gasteiger charge is 2.36. The van der Waals surface area contributed by atoms with Gasteiger partial charge in [-0.1, -0.05) is 6.07 Å². The van der Waals surface area contributed by atoms with Crippen LogP contribution in [0, 0.1) is 0 Å². The highest BCUT2D eigenvalue weighted by atomic mass is 16.4. The van der Waals surface area contributed by atoms with Crippen LogP contribution in [-0.2, 0) is 9.59 Å². The van der Waals surface area contributed by atoms with Crippen LogP contribution >= 0.6 is 0 Å². The van der Waals surface area contributed by atoms with Gasteiger partial charge in [0.2, 0.25) is 5.91 Å². The maximum absolute atomic E-state index is 12.3. The van der Waals surface area contributed by atoms with Crippen LogP contribution < -0.4 is 0 Å². The molecule has 0 aromatic carbocycles. The van der Waals surface area contributed by atoms with Gasteiger partial charge >= 0.3 is 5.97 Å². The zero-order chi connectivity index (χ0) is 13.1. The fourth-order valence-electron chi connectivity index (χ4n) is 2.31. The number of carbonyl (C=O) groups excluding carboxylic acids is 1. The average molecular weight is 248 g/mol. The normalized spacial score (nSPS) is 20.7. The van der Waals surface area contributed by atoms with E-state index < -0.39 is 12.0 Å². The van der Waals surface area contributed by atoms with Crippen molar-refractivity contribution in [1.82, 2.24) is 9.88 Å². The Balaban J connectivity index is 2.14. The van der Waals surface area contributed by atoms with E-state index in [2.05, 4.69) is 4.98 Å². The van der Waals surface area contributed by atoms with E-state index in [9.17, 15) is 9.59 Å². The van der Waals surface area contributed by atoms with E-state index in [-0.39, 0.29) is 11.8 Å². The van der Waals surface area contributed by atoms with Crippen LogP contribution in [0.5, 0.6) is 0 Å². The summed E-state index contributed by atoms with van der Waals surface area (Å²) >= 11 is 0. The largest absolute Gasteiger partial charge is 0.480 e. The van der Waals surface area contributed by atoms with Crippen molar-refractivity contribution in [2.45, 2.75) is 31.7 Å². The lowest BCUT2D eigenvalue weighted by Crippen LogP contribution is -2.42. The minimum atomic E-state index is -0.917. The number of nitrogens with zero attached hydrogens (tertiary/aromatic N) is 2. The van der Waals surface area contributed by atoms with E-state index in [1.54, 1.807) is 25.4 Å². The van der Waals surface area contributed by atoms with Gasteiger partial charge in [0.15, 0.2) is 0 Å². The number of pyridine rings is 1. The molecule has 1 unspecified atom stereocenters. The number of hydrogen-bond donors (Lipinski definition) is 1. The molecule has 1 N–H and O–H groups in total. The monoisotopic (exact) mass is 248 g/mol. The summed E-state index contributed by atoms with van der Waals surface area (Å²) in [5.74, 6) is -1.40. The Labute approximate surface area is 105 Å². The average Bonchev–Trinajstić information content (AvgIpc) is 2.87. The molecule has 1 aliphatic rings. The Kier molecular flexibility index (Phi) is 3.60. The Hall–Kier alpha value is -1.91. The minimum Gasteiger partial charge on any atom is -0.480 e. The first kappa shape index (κ1) is 12.5. The molecule has 2 heterocycles. The molecule has 5 nitrogen and oxygen atoms in total. The summed E-state index contributed by atoms with van der Waals surface area (Å²) in [6.45, 7) is 2.32. The zero-order valence-corrected chi connectivity index (χ0v) is 10.2. The van der Waals surface area contributed by atoms with Crippen molar-refractivity contribution in [2.24, 2.45) is 0 Å². The lowest BCUT2D eigenvalue weighted by Gasteiger charge is -2.24. The Bertz CT molecular complexity index is 447. The first-order valence-corrected chi connectivity index (χ1v) is 6.04. The predicted molar refractivity (Wildman–Crippen MR) is 65.0 cm³/mol. The van der Waals surface area contributed by atoms with Gasteiger partial charge in [-0.25, -0.2) is 4.79 Å². The molecular formula is C13H16N2O3. The molecule has 0 bridgehead atoms. The number of amides is 1. The quantitative estimate of drug-likeness (QED) is 0.874. The smallest absolute Gasteiger partial charge is 0.326 e. The minimum absolute atomic E-state index is 0.132. The molecule has 96 valence electrons. The summed E-state index contributed by atoms with van der Waals surface area (Å²) in [6, 6.07) is 2.94. The molecule has 1 fully saturated rings. The van der Waals surface area contributed by atoms with Gasteiger partial charge in [0.25, 0.3) is 0 Å². The molecule has 1 aliphatic heterocycles. The number of carbonyl (C=O) groups is 2. The van der Waals surface area contributed by atoms with Gasteiger partial charge in [-0.2, -0.15) is 0 Å². The second kappa shape index (κ2) is 5.16. The number of carboxylic acids is 1. The Morgan fingerprint density at radius 2 is 2.33 bits per heavy atom. The van der Waals surface area contributed by atoms with E-state index in [0.29, 0.717) is 13.0 Å². The third-order valence-electron chi connectivity index (χ3n) is 3.38. The molecule has 1 aromatic rings. The molecule has 0 aliphatic carbocycles. The van der Waals surface area contributed by atoms with Gasteiger partial charge in [-0.15, -0.1) is 0 Å². The van der Waals surface area contributed by atoms with Crippen molar-refractivity contribution in [3.8, 4) is 0 Å². The molecule has 0 saturated carbocycles. The number of hydrogen-bond acceptors (Lipinski definition) is 3. The molecule has 5 heteroatoms. The third-order valence-corrected chi connectivity index (χ3v) is 3.38. The fourth-order valence-corrected chi connectivity index (χ4v) is 2.31. The SMILES string of the molecule is CC(C(=O)N1CCC[C@@H]1C(=O)O)c1cccnc1. The van der Waals surface area contributed by atoms with Gasteiger partial charge in [-0.05, 0) is 31.4 Å². The zero-order valence-electron chi connectivity index (χ0n) is 10.2. The topological polar surface area (TPSA) is 70.5 Å². The van der Waals surface area contributed by atoms with Crippen molar-refractivity contribution < 1.29 is 14.7 Å². The van der Waals surface area contributed by atoms with Crippen LogP contribution in [0.25, 0.3) is 0 Å². The second-order valence-electron chi connectivity index (χ2n) is 4.54. The van der Waals surface area contributed by atoms with E-state index in [1.807, 2.05) is 6.07 Å². The summed E-state index contributed by atoms with van der Waals surface area (Å²) in [5, 5.41) is 9.08. The summed E-state index contributed by atoms with van der Waals surface area (Å²) < 4.78 is 0. The third kappa shape index (κ3) is 2.34. The van der Waals surface area contributed by atoms with Crippen LogP contribution in [0.4, 0.5) is 0 Å². The van der Waals surface area contributed by atoms with Crippen molar-refractivity contribution in [3.05, 3.63) is 30.1 Å². The van der Waals surface area contributed by atoms with E-state index in [0.717, 1.165) is 12.0 Å². The van der Waals surface area contributed by atoms with Crippen LogP contribution in [0.1, 0.15) is 31.2 Å². The van der Waals surface area contributed by atoms with Gasteiger partial charge in [0, 0.05) is 18.9 Å². The molecule has 0 radical (unpaired) electrons. The van der Waals surface area contributed by atoms with Crippen molar-refractivity contribution in [2.75, 3.05) is 6.54 Å². The molecule has 18 heavy (non-hydrogen) atoms. The molecular weight excluding hydrogens is 232 g/mol. The van der Waals surface area contributed by atoms with Gasteiger partial charge in [0.1, 0.15) is 6.04 Å². The number of likely N-dealkylation sites (tertiary alicyclic amines) is 1. The van der Waals surface area contributed by atoms with E-state index >= 15 is 0 Å². The standard InChI is InChI=1S/C13H16N2O3/c1-9(10-4-2-6-14-8-10)12(16)15-7-3-5-11(15)13(17)18/h2,4,6,8-9,11H,3,5,7H2,1H3,(H,17,18)/t9?,11-/m1/s1. The lowest BCUT2D eigenvalue weighted by atomic mass is 10.0. The van der Waals surface area contributed by atoms with Crippen molar-refractivity contribution >= 4 is 11.9 Å². The van der Waals surface area contributed by atoms with Crippen molar-refractivity contribution in [1.29, 1.82) is 0 Å². The molecule has 0 spiro atoms. The van der Waals surface area contributed by atoms with Crippen molar-refractivity contribution in [3.63, 3.8) is 0 Å². The highest BCUT2D eigenvalue weighted by molar-refractivity contribution is 5.88. The molecule has 1 amide bonds. The maximum Gasteiger partial charge on any atom is 0.326 e. The van der Waals surface area contributed by atoms with Crippen LogP contribution in [-0.4, -0.2) is 39.5 Å². The highest BCUT2D eigenvalue weighted by Crippen LogP contribution is 2.24. The van der Waals surface area contributed by atoms with E-state index in [1.165, 1.54) is 4.90 Å². The number of carboxylic acid groups (broad SMARTS) is 1. The molecule has 1 saturated heterocycles. The first-order valence-electron chi connectivity index (χ1n) is 6.04. The number of aromatic nitrogens is 1. The summed E-state index contributed by atoms with van der Waals surface area (Å²) in [5.41, 5.74) is 0.818. The number of rotatable bonds is 3. The maximum atomic E-state index is 12.3. The van der Waals surface area contributed by atoms with Crippen LogP contribution in [0.2, 0.25) is 0 Å². The van der Waals surface area contributed by atoms with Crippen LogP contribution in [0.3, 0.4) is 0 Å². The molecule has 2 rings (SSSR count). The van der Waals surface area contributed by atoms with Gasteiger partial charge in [0.05, 0.1) is 5.92 Å².